The lowest BCUT2D eigenvalue weighted by molar-refractivity contribution is -0.123. The van der Waals surface area contributed by atoms with Gasteiger partial charge in [0.2, 0.25) is 0 Å². The molecule has 4 nitrogen and oxygen atoms in total. The Morgan fingerprint density at radius 3 is 2.57 bits per heavy atom. The molecule has 0 aliphatic heterocycles. The number of hydrazone groups is 1. The predicted molar refractivity (Wildman–Crippen MR) is 86.2 cm³/mol. The van der Waals surface area contributed by atoms with E-state index in [0.29, 0.717) is 0 Å². The Kier molecular flexibility index (Phi) is 5.11. The fourth-order valence-electron chi connectivity index (χ4n) is 1.89. The third-order valence-corrected chi connectivity index (χ3v) is 3.83. The lowest BCUT2D eigenvalue weighted by atomic mass is 10.1. The molecule has 0 fully saturated rings. The van der Waals surface area contributed by atoms with Crippen LogP contribution in [0.2, 0.25) is 0 Å². The van der Waals surface area contributed by atoms with Crippen molar-refractivity contribution in [3.05, 3.63) is 51.2 Å². The van der Waals surface area contributed by atoms with Crippen molar-refractivity contribution in [2.24, 2.45) is 5.10 Å². The van der Waals surface area contributed by atoms with Gasteiger partial charge in [-0.2, -0.15) is 5.10 Å². The molecule has 110 valence electrons. The Labute approximate surface area is 128 Å². The summed E-state index contributed by atoms with van der Waals surface area (Å²) in [5.41, 5.74) is 4.49. The highest BCUT2D eigenvalue weighted by Crippen LogP contribution is 2.21. The Morgan fingerprint density at radius 1 is 1.24 bits per heavy atom. The zero-order chi connectivity index (χ0) is 15.2. The average molecular weight is 302 g/mol. The van der Waals surface area contributed by atoms with Gasteiger partial charge in [0.25, 0.3) is 5.91 Å². The highest BCUT2D eigenvalue weighted by molar-refractivity contribution is 7.13. The van der Waals surface area contributed by atoms with E-state index in [1.165, 1.54) is 4.88 Å². The second kappa shape index (κ2) is 7.04. The fraction of sp³-hybridized carbons (Fsp3) is 0.250. The van der Waals surface area contributed by atoms with E-state index < -0.39 is 0 Å². The van der Waals surface area contributed by atoms with E-state index in [1.807, 2.05) is 51.1 Å². The summed E-state index contributed by atoms with van der Waals surface area (Å²) in [4.78, 5) is 13.9. The maximum atomic E-state index is 11.7. The van der Waals surface area contributed by atoms with E-state index in [1.54, 1.807) is 17.6 Å². The summed E-state index contributed by atoms with van der Waals surface area (Å²) in [5.74, 6) is 0.479. The first-order valence-corrected chi connectivity index (χ1v) is 7.45. The molecule has 0 aliphatic rings. The van der Waals surface area contributed by atoms with Crippen LogP contribution in [0.25, 0.3) is 0 Å². The topological polar surface area (TPSA) is 50.7 Å². The standard InChI is InChI=1S/C16H18N2O2S/c1-11-5-4-6-12(2)16(11)20-10-15(19)18-17-9-14-8-7-13(3)21-14/h4-9H,10H2,1-3H3,(H,18,19)/b17-9-. The second-order valence-electron chi connectivity index (χ2n) is 4.75. The van der Waals surface area contributed by atoms with Crippen LogP contribution >= 0.6 is 11.3 Å². The van der Waals surface area contributed by atoms with Crippen LogP contribution in [-0.2, 0) is 4.79 Å². The number of hydrogen-bond acceptors (Lipinski definition) is 4. The summed E-state index contributed by atoms with van der Waals surface area (Å²) in [7, 11) is 0. The first kappa shape index (κ1) is 15.3. The molecule has 0 aliphatic carbocycles. The molecule has 1 N–H and O–H groups in total. The molecule has 0 saturated carbocycles. The van der Waals surface area contributed by atoms with Crippen molar-refractivity contribution in [1.82, 2.24) is 5.43 Å². The van der Waals surface area contributed by atoms with Crippen LogP contribution in [-0.4, -0.2) is 18.7 Å². The van der Waals surface area contributed by atoms with E-state index >= 15 is 0 Å². The highest BCUT2D eigenvalue weighted by atomic mass is 32.1. The molecule has 1 aromatic heterocycles. The number of carbonyl (C=O) groups excluding carboxylic acids is 1. The van der Waals surface area contributed by atoms with Gasteiger partial charge in [0.05, 0.1) is 6.21 Å². The van der Waals surface area contributed by atoms with Gasteiger partial charge < -0.3 is 4.74 Å². The minimum Gasteiger partial charge on any atom is -0.483 e. The largest absolute Gasteiger partial charge is 0.483 e. The molecule has 21 heavy (non-hydrogen) atoms. The van der Waals surface area contributed by atoms with Gasteiger partial charge >= 0.3 is 0 Å². The molecule has 2 aromatic rings. The SMILES string of the molecule is Cc1ccc(/C=N\NC(=O)COc2c(C)cccc2C)s1. The molecule has 1 aromatic carbocycles. The third kappa shape index (κ3) is 4.43. The number of benzene rings is 1. The molecule has 1 heterocycles. The maximum absolute atomic E-state index is 11.7. The lowest BCUT2D eigenvalue weighted by Crippen LogP contribution is -2.24. The molecule has 5 heteroatoms. The number of rotatable bonds is 5. The maximum Gasteiger partial charge on any atom is 0.277 e. The van der Waals surface area contributed by atoms with Gasteiger partial charge in [0, 0.05) is 9.75 Å². The van der Waals surface area contributed by atoms with Gasteiger partial charge in [-0.15, -0.1) is 11.3 Å². The minimum atomic E-state index is -0.276. The van der Waals surface area contributed by atoms with Crippen molar-refractivity contribution in [1.29, 1.82) is 0 Å². The summed E-state index contributed by atoms with van der Waals surface area (Å²) in [6.45, 7) is 5.89. The third-order valence-electron chi connectivity index (χ3n) is 2.90. The Morgan fingerprint density at radius 2 is 1.95 bits per heavy atom. The van der Waals surface area contributed by atoms with Crippen molar-refractivity contribution in [3.8, 4) is 5.75 Å². The van der Waals surface area contributed by atoms with Gasteiger partial charge in [-0.3, -0.25) is 4.79 Å². The van der Waals surface area contributed by atoms with Crippen LogP contribution in [0, 0.1) is 20.8 Å². The molecule has 0 unspecified atom stereocenters. The van der Waals surface area contributed by atoms with Crippen molar-refractivity contribution in [3.63, 3.8) is 0 Å². The highest BCUT2D eigenvalue weighted by Gasteiger charge is 2.06. The zero-order valence-electron chi connectivity index (χ0n) is 12.3. The van der Waals surface area contributed by atoms with Gasteiger partial charge in [-0.25, -0.2) is 5.43 Å². The van der Waals surface area contributed by atoms with E-state index in [2.05, 4.69) is 10.5 Å². The Hall–Kier alpha value is -2.14. The first-order valence-electron chi connectivity index (χ1n) is 6.63. The number of nitrogens with zero attached hydrogens (tertiary/aromatic N) is 1. The van der Waals surface area contributed by atoms with Gasteiger partial charge in [0.1, 0.15) is 5.75 Å². The molecule has 0 bridgehead atoms. The van der Waals surface area contributed by atoms with E-state index in [0.717, 1.165) is 21.8 Å². The van der Waals surface area contributed by atoms with Gasteiger partial charge in [0.15, 0.2) is 6.61 Å². The smallest absolute Gasteiger partial charge is 0.277 e. The fourth-order valence-corrected chi connectivity index (χ4v) is 2.64. The zero-order valence-corrected chi connectivity index (χ0v) is 13.2. The van der Waals surface area contributed by atoms with Crippen molar-refractivity contribution >= 4 is 23.5 Å². The van der Waals surface area contributed by atoms with Crippen LogP contribution in [0.5, 0.6) is 5.75 Å². The number of hydrogen-bond donors (Lipinski definition) is 1. The number of carbonyl (C=O) groups is 1. The van der Waals surface area contributed by atoms with Crippen molar-refractivity contribution in [2.45, 2.75) is 20.8 Å². The quantitative estimate of drug-likeness (QED) is 0.681. The molecular weight excluding hydrogens is 284 g/mol. The van der Waals surface area contributed by atoms with E-state index in [4.69, 9.17) is 4.74 Å². The number of aryl methyl sites for hydroxylation is 3. The van der Waals surface area contributed by atoms with Crippen LogP contribution in [0.3, 0.4) is 0 Å². The molecule has 0 radical (unpaired) electrons. The summed E-state index contributed by atoms with van der Waals surface area (Å²) in [6, 6.07) is 9.85. The van der Waals surface area contributed by atoms with Crippen LogP contribution in [0.15, 0.2) is 35.4 Å². The minimum absolute atomic E-state index is 0.0491. The summed E-state index contributed by atoms with van der Waals surface area (Å²) in [5, 5.41) is 3.92. The summed E-state index contributed by atoms with van der Waals surface area (Å²) in [6.07, 6.45) is 1.63. The lowest BCUT2D eigenvalue weighted by Gasteiger charge is -2.10. The van der Waals surface area contributed by atoms with Gasteiger partial charge in [-0.1, -0.05) is 18.2 Å². The molecule has 1 amide bonds. The second-order valence-corrected chi connectivity index (χ2v) is 6.07. The number of amides is 1. The van der Waals surface area contributed by atoms with Crippen LogP contribution in [0.4, 0.5) is 0 Å². The molecule has 2 rings (SSSR count). The van der Waals surface area contributed by atoms with E-state index in [-0.39, 0.29) is 12.5 Å². The number of ether oxygens (including phenoxy) is 1. The summed E-state index contributed by atoms with van der Waals surface area (Å²) < 4.78 is 5.55. The number of nitrogens with one attached hydrogen (secondary N) is 1. The summed E-state index contributed by atoms with van der Waals surface area (Å²) >= 11 is 1.62. The predicted octanol–water partition coefficient (Wildman–Crippen LogP) is 3.20. The Balaban J connectivity index is 1.84. The molecule has 0 spiro atoms. The average Bonchev–Trinajstić information content (AvgIpc) is 2.84. The van der Waals surface area contributed by atoms with Crippen LogP contribution < -0.4 is 10.2 Å². The number of para-hydroxylation sites is 1. The van der Waals surface area contributed by atoms with Crippen LogP contribution in [0.1, 0.15) is 20.9 Å². The first-order chi connectivity index (χ1) is 10.1. The molecule has 0 saturated heterocycles. The molecule has 0 atom stereocenters. The van der Waals surface area contributed by atoms with Gasteiger partial charge in [-0.05, 0) is 44.0 Å². The normalized spacial score (nSPS) is 10.8. The monoisotopic (exact) mass is 302 g/mol. The van der Waals surface area contributed by atoms with Crippen molar-refractivity contribution in [2.75, 3.05) is 6.61 Å². The number of thiophene rings is 1. The Bertz CT molecular complexity index is 642. The van der Waals surface area contributed by atoms with E-state index in [9.17, 15) is 4.79 Å². The van der Waals surface area contributed by atoms with Crippen molar-refractivity contribution < 1.29 is 9.53 Å². The molecular formula is C16H18N2O2S.